The van der Waals surface area contributed by atoms with Crippen molar-refractivity contribution in [1.29, 1.82) is 0 Å². The SMILES string of the molecule is CC1(C)CC1C(=O)N/C(=C\CCCCSCCN)C(=O)O. The van der Waals surface area contributed by atoms with Crippen molar-refractivity contribution >= 4 is 23.6 Å². The fourth-order valence-corrected chi connectivity index (χ4v) is 2.89. The lowest BCUT2D eigenvalue weighted by molar-refractivity contribution is -0.135. The molecule has 1 atom stereocenters. The topological polar surface area (TPSA) is 92.4 Å². The first-order chi connectivity index (χ1) is 9.88. The van der Waals surface area contributed by atoms with E-state index in [4.69, 9.17) is 10.8 Å². The number of nitrogens with one attached hydrogen (secondary N) is 1. The maximum atomic E-state index is 11.9. The first kappa shape index (κ1) is 18.0. The zero-order valence-electron chi connectivity index (χ0n) is 12.9. The summed E-state index contributed by atoms with van der Waals surface area (Å²) in [5, 5.41) is 11.7. The van der Waals surface area contributed by atoms with E-state index in [-0.39, 0.29) is 22.9 Å². The lowest BCUT2D eigenvalue weighted by atomic mass is 10.1. The predicted molar refractivity (Wildman–Crippen MR) is 86.0 cm³/mol. The molecule has 0 aliphatic heterocycles. The summed E-state index contributed by atoms with van der Waals surface area (Å²) >= 11 is 1.81. The van der Waals surface area contributed by atoms with Crippen LogP contribution in [0.25, 0.3) is 0 Å². The van der Waals surface area contributed by atoms with E-state index in [0.29, 0.717) is 13.0 Å². The molecule has 4 N–H and O–H groups in total. The van der Waals surface area contributed by atoms with E-state index < -0.39 is 5.97 Å². The molecular formula is C15H26N2O3S. The minimum Gasteiger partial charge on any atom is -0.477 e. The molecule has 1 rings (SSSR count). The quantitative estimate of drug-likeness (QED) is 0.423. The van der Waals surface area contributed by atoms with Crippen molar-refractivity contribution in [3.05, 3.63) is 11.8 Å². The number of carbonyl (C=O) groups is 2. The molecule has 0 aromatic carbocycles. The third kappa shape index (κ3) is 6.52. The van der Waals surface area contributed by atoms with Crippen LogP contribution in [0.3, 0.4) is 0 Å². The van der Waals surface area contributed by atoms with E-state index in [0.717, 1.165) is 30.8 Å². The highest BCUT2D eigenvalue weighted by molar-refractivity contribution is 7.99. The second-order valence-corrected chi connectivity index (χ2v) is 7.28. The molecule has 6 heteroatoms. The summed E-state index contributed by atoms with van der Waals surface area (Å²) in [6.07, 6.45) is 5.04. The number of aliphatic carboxylic acids is 1. The Labute approximate surface area is 130 Å². The summed E-state index contributed by atoms with van der Waals surface area (Å²) in [5.41, 5.74) is 5.42. The van der Waals surface area contributed by atoms with E-state index in [1.165, 1.54) is 0 Å². The third-order valence-corrected chi connectivity index (χ3v) is 4.77. The van der Waals surface area contributed by atoms with Gasteiger partial charge in [-0.25, -0.2) is 4.79 Å². The lowest BCUT2D eigenvalue weighted by Crippen LogP contribution is -2.29. The Morgan fingerprint density at radius 3 is 2.57 bits per heavy atom. The Morgan fingerprint density at radius 1 is 1.38 bits per heavy atom. The van der Waals surface area contributed by atoms with Crippen LogP contribution < -0.4 is 11.1 Å². The van der Waals surface area contributed by atoms with Crippen LogP contribution in [0, 0.1) is 11.3 Å². The Morgan fingerprint density at radius 2 is 2.05 bits per heavy atom. The van der Waals surface area contributed by atoms with Crippen molar-refractivity contribution in [3.8, 4) is 0 Å². The smallest absolute Gasteiger partial charge is 0.352 e. The Kier molecular flexibility index (Phi) is 7.25. The van der Waals surface area contributed by atoms with Crippen LogP contribution in [-0.2, 0) is 9.59 Å². The highest BCUT2D eigenvalue weighted by Gasteiger charge is 2.50. The van der Waals surface area contributed by atoms with Gasteiger partial charge in [0.1, 0.15) is 5.70 Å². The van der Waals surface area contributed by atoms with E-state index in [9.17, 15) is 9.59 Å². The number of allylic oxidation sites excluding steroid dienone is 1. The van der Waals surface area contributed by atoms with Crippen LogP contribution in [0.2, 0.25) is 0 Å². The molecule has 1 aliphatic carbocycles. The van der Waals surface area contributed by atoms with Crippen LogP contribution in [0.1, 0.15) is 39.5 Å². The monoisotopic (exact) mass is 314 g/mol. The highest BCUT2D eigenvalue weighted by Crippen LogP contribution is 2.51. The molecule has 0 heterocycles. The van der Waals surface area contributed by atoms with Gasteiger partial charge in [0.2, 0.25) is 5.91 Å². The maximum absolute atomic E-state index is 11.9. The van der Waals surface area contributed by atoms with Crippen LogP contribution in [0.5, 0.6) is 0 Å². The standard InChI is InChI=1S/C15H26N2O3S/c1-15(2)10-11(15)13(18)17-12(14(19)20)6-4-3-5-8-21-9-7-16/h6,11H,3-5,7-10,16H2,1-2H3,(H,17,18)(H,19,20)/b12-6-. The van der Waals surface area contributed by atoms with E-state index in [1.807, 2.05) is 25.6 Å². The molecule has 5 nitrogen and oxygen atoms in total. The molecular weight excluding hydrogens is 288 g/mol. The average molecular weight is 314 g/mol. The fraction of sp³-hybridized carbons (Fsp3) is 0.733. The molecule has 0 bridgehead atoms. The Balaban J connectivity index is 2.31. The van der Waals surface area contributed by atoms with E-state index in [2.05, 4.69) is 5.32 Å². The molecule has 1 aliphatic rings. The second kappa shape index (κ2) is 8.44. The zero-order chi connectivity index (χ0) is 15.9. The van der Waals surface area contributed by atoms with Crippen molar-refractivity contribution in [2.45, 2.75) is 39.5 Å². The van der Waals surface area contributed by atoms with Gasteiger partial charge in [0.25, 0.3) is 0 Å². The van der Waals surface area contributed by atoms with Gasteiger partial charge in [0, 0.05) is 18.2 Å². The number of hydrogen-bond acceptors (Lipinski definition) is 4. The number of nitrogens with two attached hydrogens (primary N) is 1. The molecule has 1 saturated carbocycles. The van der Waals surface area contributed by atoms with Crippen molar-refractivity contribution < 1.29 is 14.7 Å². The maximum Gasteiger partial charge on any atom is 0.352 e. The minimum atomic E-state index is -1.07. The van der Waals surface area contributed by atoms with Crippen LogP contribution in [0.4, 0.5) is 0 Å². The zero-order valence-corrected chi connectivity index (χ0v) is 13.7. The normalized spacial score (nSPS) is 20.1. The molecule has 120 valence electrons. The molecule has 1 unspecified atom stereocenters. The van der Waals surface area contributed by atoms with Gasteiger partial charge in [-0.1, -0.05) is 19.9 Å². The molecule has 1 amide bonds. The van der Waals surface area contributed by atoms with Gasteiger partial charge < -0.3 is 16.2 Å². The van der Waals surface area contributed by atoms with Gasteiger partial charge in [-0.2, -0.15) is 11.8 Å². The Hall–Kier alpha value is -1.01. The van der Waals surface area contributed by atoms with E-state index in [1.54, 1.807) is 6.08 Å². The van der Waals surface area contributed by atoms with E-state index >= 15 is 0 Å². The highest BCUT2D eigenvalue weighted by atomic mass is 32.2. The summed E-state index contributed by atoms with van der Waals surface area (Å²) in [4.78, 5) is 23.1. The molecule has 1 fully saturated rings. The van der Waals surface area contributed by atoms with Crippen LogP contribution >= 0.6 is 11.8 Å². The van der Waals surface area contributed by atoms with Gasteiger partial charge in [-0.05, 0) is 36.9 Å². The van der Waals surface area contributed by atoms with Crippen molar-refractivity contribution in [2.24, 2.45) is 17.1 Å². The number of thioether (sulfide) groups is 1. The summed E-state index contributed by atoms with van der Waals surface area (Å²) in [5.74, 6) is 0.693. The molecule has 21 heavy (non-hydrogen) atoms. The lowest BCUT2D eigenvalue weighted by Gasteiger charge is -2.07. The first-order valence-corrected chi connectivity index (χ1v) is 8.56. The van der Waals surface area contributed by atoms with Gasteiger partial charge in [0.15, 0.2) is 0 Å². The van der Waals surface area contributed by atoms with Crippen molar-refractivity contribution in [3.63, 3.8) is 0 Å². The van der Waals surface area contributed by atoms with Crippen molar-refractivity contribution in [2.75, 3.05) is 18.1 Å². The predicted octanol–water partition coefficient (Wildman–Crippen LogP) is 1.98. The first-order valence-electron chi connectivity index (χ1n) is 7.40. The van der Waals surface area contributed by atoms with Crippen LogP contribution in [-0.4, -0.2) is 35.0 Å². The number of hydrogen-bond donors (Lipinski definition) is 3. The molecule has 0 aromatic rings. The molecule has 0 radical (unpaired) electrons. The summed E-state index contributed by atoms with van der Waals surface area (Å²) < 4.78 is 0. The Bertz CT molecular complexity index is 408. The minimum absolute atomic E-state index is 0.00785. The van der Waals surface area contributed by atoms with Crippen LogP contribution in [0.15, 0.2) is 11.8 Å². The largest absolute Gasteiger partial charge is 0.477 e. The average Bonchev–Trinajstić information content (AvgIpc) is 3.05. The fourth-order valence-electron chi connectivity index (χ4n) is 2.11. The number of unbranched alkanes of at least 4 members (excludes halogenated alkanes) is 2. The number of amides is 1. The molecule has 0 spiro atoms. The molecule has 0 aromatic heterocycles. The van der Waals surface area contributed by atoms with Gasteiger partial charge >= 0.3 is 5.97 Å². The number of carbonyl (C=O) groups excluding carboxylic acids is 1. The van der Waals surface area contributed by atoms with Gasteiger partial charge in [-0.3, -0.25) is 4.79 Å². The summed E-state index contributed by atoms with van der Waals surface area (Å²) in [6, 6.07) is 0. The second-order valence-electron chi connectivity index (χ2n) is 6.05. The third-order valence-electron chi connectivity index (χ3n) is 3.67. The van der Waals surface area contributed by atoms with Gasteiger partial charge in [-0.15, -0.1) is 0 Å². The summed E-state index contributed by atoms with van der Waals surface area (Å²) in [7, 11) is 0. The summed E-state index contributed by atoms with van der Waals surface area (Å²) in [6.45, 7) is 4.72. The van der Waals surface area contributed by atoms with Crippen molar-refractivity contribution in [1.82, 2.24) is 5.32 Å². The van der Waals surface area contributed by atoms with Gasteiger partial charge in [0.05, 0.1) is 0 Å². The number of carboxylic acid groups (broad SMARTS) is 1. The molecule has 0 saturated heterocycles. The number of carboxylic acids is 1. The number of rotatable bonds is 10.